The van der Waals surface area contributed by atoms with Crippen LogP contribution in [0.3, 0.4) is 0 Å². The molecule has 3 heteroatoms. The lowest BCUT2D eigenvalue weighted by atomic mass is 9.72. The van der Waals surface area contributed by atoms with E-state index in [4.69, 9.17) is 10.5 Å². The number of rotatable bonds is 3. The Bertz CT molecular complexity index is 425. The van der Waals surface area contributed by atoms with Crippen molar-refractivity contribution < 1.29 is 4.74 Å². The van der Waals surface area contributed by atoms with Crippen LogP contribution in [0.15, 0.2) is 24.3 Å². The van der Waals surface area contributed by atoms with Gasteiger partial charge >= 0.3 is 0 Å². The topological polar surface area (TPSA) is 38.5 Å². The molecule has 0 radical (unpaired) electrons. The third-order valence-electron chi connectivity index (χ3n) is 4.76. The van der Waals surface area contributed by atoms with Crippen molar-refractivity contribution >= 4 is 0 Å². The number of piperidine rings is 1. The molecule has 0 unspecified atom stereocenters. The number of hydrogen-bond donors (Lipinski definition) is 1. The van der Waals surface area contributed by atoms with Crippen LogP contribution in [0, 0.1) is 0 Å². The minimum atomic E-state index is 0.133. The summed E-state index contributed by atoms with van der Waals surface area (Å²) in [6.07, 6.45) is 2.26. The van der Waals surface area contributed by atoms with Gasteiger partial charge in [-0.05, 0) is 64.4 Å². The molecule has 3 nitrogen and oxygen atoms in total. The smallest absolute Gasteiger partial charge is 0.118 e. The van der Waals surface area contributed by atoms with Crippen LogP contribution in [-0.4, -0.2) is 37.2 Å². The molecule has 1 aromatic carbocycles. The molecule has 0 aliphatic carbocycles. The Labute approximate surface area is 123 Å². The Morgan fingerprint density at radius 2 is 1.70 bits per heavy atom. The molecule has 1 aliphatic heterocycles. The van der Waals surface area contributed by atoms with Gasteiger partial charge in [0.25, 0.3) is 0 Å². The molecule has 2 N–H and O–H groups in total. The summed E-state index contributed by atoms with van der Waals surface area (Å²) in [6.45, 7) is 9.82. The molecule has 0 spiro atoms. The van der Waals surface area contributed by atoms with Crippen LogP contribution < -0.4 is 10.5 Å². The summed E-state index contributed by atoms with van der Waals surface area (Å²) in [7, 11) is 1.70. The van der Waals surface area contributed by atoms with Crippen LogP contribution in [0.5, 0.6) is 5.75 Å². The van der Waals surface area contributed by atoms with Crippen molar-refractivity contribution in [3.8, 4) is 5.75 Å². The molecule has 1 saturated heterocycles. The predicted molar refractivity (Wildman–Crippen MR) is 84.3 cm³/mol. The van der Waals surface area contributed by atoms with Crippen LogP contribution in [0.25, 0.3) is 0 Å². The summed E-state index contributed by atoms with van der Waals surface area (Å²) >= 11 is 0. The van der Waals surface area contributed by atoms with E-state index in [1.165, 1.54) is 5.56 Å². The van der Waals surface area contributed by atoms with Crippen molar-refractivity contribution in [2.75, 3.05) is 26.7 Å². The number of ether oxygens (including phenoxy) is 1. The molecule has 20 heavy (non-hydrogen) atoms. The molecule has 0 bridgehead atoms. The average molecular weight is 276 g/mol. The Balaban J connectivity index is 2.15. The van der Waals surface area contributed by atoms with E-state index in [1.54, 1.807) is 7.11 Å². The Kier molecular flexibility index (Phi) is 4.40. The van der Waals surface area contributed by atoms with Crippen LogP contribution in [0.2, 0.25) is 0 Å². The highest BCUT2D eigenvalue weighted by molar-refractivity contribution is 5.33. The first-order valence-corrected chi connectivity index (χ1v) is 7.51. The molecular weight excluding hydrogens is 248 g/mol. The summed E-state index contributed by atoms with van der Waals surface area (Å²) in [5, 5.41) is 0. The van der Waals surface area contributed by atoms with E-state index in [2.05, 4.69) is 37.8 Å². The van der Waals surface area contributed by atoms with E-state index in [0.717, 1.165) is 38.2 Å². The van der Waals surface area contributed by atoms with E-state index in [0.29, 0.717) is 0 Å². The summed E-state index contributed by atoms with van der Waals surface area (Å²) in [6, 6.07) is 8.45. The Morgan fingerprint density at radius 1 is 1.15 bits per heavy atom. The fourth-order valence-corrected chi connectivity index (χ4v) is 3.16. The summed E-state index contributed by atoms with van der Waals surface area (Å²) in [5.41, 5.74) is 7.89. The van der Waals surface area contributed by atoms with E-state index in [9.17, 15) is 0 Å². The van der Waals surface area contributed by atoms with Gasteiger partial charge in [-0.2, -0.15) is 0 Å². The standard InChI is InChI=1S/C17H28N2O/c1-16(2,3)19-11-9-17(13-18,10-12-19)14-5-7-15(20-4)8-6-14/h5-8H,9-13,18H2,1-4H3. The van der Waals surface area contributed by atoms with Gasteiger partial charge in [-0.25, -0.2) is 0 Å². The van der Waals surface area contributed by atoms with Crippen molar-refractivity contribution in [1.82, 2.24) is 4.90 Å². The summed E-state index contributed by atoms with van der Waals surface area (Å²) in [4.78, 5) is 2.56. The minimum absolute atomic E-state index is 0.133. The van der Waals surface area contributed by atoms with E-state index >= 15 is 0 Å². The molecule has 0 saturated carbocycles. The number of nitrogens with two attached hydrogens (primary N) is 1. The Morgan fingerprint density at radius 3 is 2.10 bits per heavy atom. The van der Waals surface area contributed by atoms with E-state index < -0.39 is 0 Å². The van der Waals surface area contributed by atoms with Crippen LogP contribution in [0.1, 0.15) is 39.2 Å². The van der Waals surface area contributed by atoms with Crippen molar-refractivity contribution in [2.24, 2.45) is 5.73 Å². The number of benzene rings is 1. The summed E-state index contributed by atoms with van der Waals surface area (Å²) < 4.78 is 5.25. The molecule has 0 amide bonds. The third kappa shape index (κ3) is 2.99. The van der Waals surface area contributed by atoms with Gasteiger partial charge in [0.05, 0.1) is 7.11 Å². The number of methoxy groups -OCH3 is 1. The normalized spacial score (nSPS) is 19.9. The van der Waals surface area contributed by atoms with Crippen LogP contribution in [0.4, 0.5) is 0 Å². The molecular formula is C17H28N2O. The quantitative estimate of drug-likeness (QED) is 0.922. The maximum atomic E-state index is 6.15. The highest BCUT2D eigenvalue weighted by atomic mass is 16.5. The highest BCUT2D eigenvalue weighted by Crippen LogP contribution is 2.37. The zero-order chi connectivity index (χ0) is 14.8. The zero-order valence-corrected chi connectivity index (χ0v) is 13.3. The van der Waals surface area contributed by atoms with Gasteiger partial charge in [0.15, 0.2) is 0 Å². The SMILES string of the molecule is COc1ccc(C2(CN)CCN(C(C)(C)C)CC2)cc1. The highest BCUT2D eigenvalue weighted by Gasteiger charge is 2.37. The van der Waals surface area contributed by atoms with Crippen molar-refractivity contribution in [3.05, 3.63) is 29.8 Å². The van der Waals surface area contributed by atoms with Gasteiger partial charge < -0.3 is 10.5 Å². The number of hydrogen-bond acceptors (Lipinski definition) is 3. The first kappa shape index (κ1) is 15.3. The zero-order valence-electron chi connectivity index (χ0n) is 13.3. The van der Waals surface area contributed by atoms with E-state index in [-0.39, 0.29) is 11.0 Å². The largest absolute Gasteiger partial charge is 0.497 e. The molecule has 1 aromatic rings. The predicted octanol–water partition coefficient (Wildman–Crippen LogP) is 2.79. The second-order valence-electron chi connectivity index (χ2n) is 6.87. The molecule has 1 fully saturated rings. The third-order valence-corrected chi connectivity index (χ3v) is 4.76. The van der Waals surface area contributed by atoms with Crippen LogP contribution in [-0.2, 0) is 5.41 Å². The lowest BCUT2D eigenvalue weighted by Crippen LogP contribution is -2.52. The Hall–Kier alpha value is -1.06. The fraction of sp³-hybridized carbons (Fsp3) is 0.647. The van der Waals surface area contributed by atoms with Gasteiger partial charge in [0, 0.05) is 17.5 Å². The fourth-order valence-electron chi connectivity index (χ4n) is 3.16. The van der Waals surface area contributed by atoms with Crippen molar-refractivity contribution in [2.45, 2.75) is 44.6 Å². The maximum absolute atomic E-state index is 6.15. The maximum Gasteiger partial charge on any atom is 0.118 e. The van der Waals surface area contributed by atoms with Crippen LogP contribution >= 0.6 is 0 Å². The van der Waals surface area contributed by atoms with E-state index in [1.807, 2.05) is 12.1 Å². The summed E-state index contributed by atoms with van der Waals surface area (Å²) in [5.74, 6) is 0.910. The second-order valence-corrected chi connectivity index (χ2v) is 6.87. The average Bonchev–Trinajstić information content (AvgIpc) is 2.46. The molecule has 0 atom stereocenters. The number of nitrogens with zero attached hydrogens (tertiary/aromatic N) is 1. The van der Waals surface area contributed by atoms with Crippen molar-refractivity contribution in [3.63, 3.8) is 0 Å². The van der Waals surface area contributed by atoms with Crippen molar-refractivity contribution in [1.29, 1.82) is 0 Å². The molecule has 1 aliphatic rings. The molecule has 0 aromatic heterocycles. The van der Waals surface area contributed by atoms with Gasteiger partial charge in [-0.3, -0.25) is 4.90 Å². The first-order valence-electron chi connectivity index (χ1n) is 7.51. The monoisotopic (exact) mass is 276 g/mol. The molecule has 112 valence electrons. The van der Waals surface area contributed by atoms with Gasteiger partial charge in [-0.1, -0.05) is 12.1 Å². The van der Waals surface area contributed by atoms with Gasteiger partial charge in [0.1, 0.15) is 5.75 Å². The lowest BCUT2D eigenvalue weighted by molar-refractivity contribution is 0.0763. The molecule has 2 rings (SSSR count). The second kappa shape index (κ2) is 5.74. The number of likely N-dealkylation sites (tertiary alicyclic amines) is 1. The minimum Gasteiger partial charge on any atom is -0.497 e. The lowest BCUT2D eigenvalue weighted by Gasteiger charge is -2.46. The van der Waals surface area contributed by atoms with Gasteiger partial charge in [0.2, 0.25) is 0 Å². The van der Waals surface area contributed by atoms with Gasteiger partial charge in [-0.15, -0.1) is 0 Å². The molecule has 1 heterocycles. The first-order chi connectivity index (χ1) is 9.41.